The highest BCUT2D eigenvalue weighted by Crippen LogP contribution is 2.28. The number of hydrogen-bond acceptors (Lipinski definition) is 3. The molecule has 86 valence electrons. The minimum Gasteiger partial charge on any atom is -0.384 e. The van der Waals surface area contributed by atoms with E-state index in [4.69, 9.17) is 4.74 Å². The fourth-order valence-corrected chi connectivity index (χ4v) is 3.18. The van der Waals surface area contributed by atoms with E-state index in [2.05, 4.69) is 46.5 Å². The van der Waals surface area contributed by atoms with Gasteiger partial charge in [0.25, 0.3) is 0 Å². The third-order valence-corrected chi connectivity index (χ3v) is 4.32. The van der Waals surface area contributed by atoms with E-state index in [0.717, 1.165) is 13.2 Å². The summed E-state index contributed by atoms with van der Waals surface area (Å²) in [4.78, 5) is 1.36. The van der Waals surface area contributed by atoms with E-state index in [-0.39, 0.29) is 0 Å². The van der Waals surface area contributed by atoms with Gasteiger partial charge < -0.3 is 10.1 Å². The molecule has 2 unspecified atom stereocenters. The molecule has 0 aliphatic carbocycles. The lowest BCUT2D eigenvalue weighted by molar-refractivity contribution is 0.157. The zero-order chi connectivity index (χ0) is 11.3. The maximum Gasteiger partial charge on any atom is 0.0499 e. The second-order valence-electron chi connectivity index (χ2n) is 3.82. The molecule has 1 heterocycles. The average molecular weight is 292 g/mol. The summed E-state index contributed by atoms with van der Waals surface area (Å²) in [5, 5.41) is 5.62. The van der Waals surface area contributed by atoms with Crippen molar-refractivity contribution in [2.45, 2.75) is 19.9 Å². The maximum absolute atomic E-state index is 5.10. The van der Waals surface area contributed by atoms with Crippen LogP contribution in [0.25, 0.3) is 0 Å². The topological polar surface area (TPSA) is 21.3 Å². The zero-order valence-electron chi connectivity index (χ0n) is 9.42. The predicted octanol–water partition coefficient (Wildman–Crippen LogP) is 3.44. The molecule has 15 heavy (non-hydrogen) atoms. The molecule has 0 bridgehead atoms. The molecule has 0 saturated heterocycles. The van der Waals surface area contributed by atoms with Gasteiger partial charge in [0.15, 0.2) is 0 Å². The molecule has 0 amide bonds. The summed E-state index contributed by atoms with van der Waals surface area (Å²) in [6.07, 6.45) is 0. The van der Waals surface area contributed by atoms with Gasteiger partial charge in [-0.2, -0.15) is 0 Å². The van der Waals surface area contributed by atoms with E-state index < -0.39 is 0 Å². The normalized spacial score (nSPS) is 15.2. The number of rotatable bonds is 6. The van der Waals surface area contributed by atoms with Crippen LogP contribution in [0.4, 0.5) is 0 Å². The molecule has 0 aromatic carbocycles. The van der Waals surface area contributed by atoms with Crippen LogP contribution < -0.4 is 5.32 Å². The number of ether oxygens (including phenoxy) is 1. The number of halogens is 1. The van der Waals surface area contributed by atoms with Crippen molar-refractivity contribution in [2.24, 2.45) is 5.92 Å². The van der Waals surface area contributed by atoms with Crippen LogP contribution in [0.15, 0.2) is 15.9 Å². The van der Waals surface area contributed by atoms with Crippen molar-refractivity contribution in [3.05, 3.63) is 20.8 Å². The Balaban J connectivity index is 2.36. The fourth-order valence-electron chi connectivity index (χ4n) is 1.43. The molecule has 4 heteroatoms. The van der Waals surface area contributed by atoms with Crippen molar-refractivity contribution >= 4 is 27.3 Å². The van der Waals surface area contributed by atoms with Crippen molar-refractivity contribution in [1.82, 2.24) is 5.32 Å². The first-order chi connectivity index (χ1) is 7.15. The molecule has 0 aliphatic rings. The lowest BCUT2D eigenvalue weighted by Crippen LogP contribution is -2.26. The van der Waals surface area contributed by atoms with Gasteiger partial charge in [-0.3, -0.25) is 0 Å². The van der Waals surface area contributed by atoms with Crippen LogP contribution >= 0.6 is 27.3 Å². The van der Waals surface area contributed by atoms with E-state index in [1.807, 2.05) is 0 Å². The Morgan fingerprint density at radius 3 is 2.80 bits per heavy atom. The first-order valence-corrected chi connectivity index (χ1v) is 6.77. The monoisotopic (exact) mass is 291 g/mol. The molecule has 1 rings (SSSR count). The standard InChI is InChI=1S/C11H18BrNOS/c1-8(7-14-3)6-13-9(2)11-10(12)4-5-15-11/h4-5,8-9,13H,6-7H2,1-3H3. The van der Waals surface area contributed by atoms with E-state index in [0.29, 0.717) is 12.0 Å². The number of nitrogens with one attached hydrogen (secondary N) is 1. The highest BCUT2D eigenvalue weighted by atomic mass is 79.9. The molecule has 2 atom stereocenters. The summed E-state index contributed by atoms with van der Waals surface area (Å²) in [7, 11) is 1.75. The highest BCUT2D eigenvalue weighted by Gasteiger charge is 2.11. The molecular weight excluding hydrogens is 274 g/mol. The van der Waals surface area contributed by atoms with Gasteiger partial charge in [-0.25, -0.2) is 0 Å². The van der Waals surface area contributed by atoms with E-state index in [1.54, 1.807) is 18.4 Å². The molecule has 2 nitrogen and oxygen atoms in total. The Morgan fingerprint density at radius 1 is 1.53 bits per heavy atom. The fraction of sp³-hybridized carbons (Fsp3) is 0.636. The first kappa shape index (κ1) is 13.2. The largest absolute Gasteiger partial charge is 0.384 e. The Kier molecular flexibility index (Phi) is 5.82. The van der Waals surface area contributed by atoms with Crippen LogP contribution in [0.3, 0.4) is 0 Å². The Labute approximate surface area is 104 Å². The quantitative estimate of drug-likeness (QED) is 0.867. The van der Waals surface area contributed by atoms with Crippen molar-refractivity contribution in [3.8, 4) is 0 Å². The minimum absolute atomic E-state index is 0.402. The van der Waals surface area contributed by atoms with E-state index >= 15 is 0 Å². The molecule has 0 saturated carbocycles. The molecule has 0 aliphatic heterocycles. The summed E-state index contributed by atoms with van der Waals surface area (Å²) in [5.41, 5.74) is 0. The minimum atomic E-state index is 0.402. The first-order valence-electron chi connectivity index (χ1n) is 5.10. The lowest BCUT2D eigenvalue weighted by Gasteiger charge is -2.16. The predicted molar refractivity (Wildman–Crippen MR) is 69.5 cm³/mol. The zero-order valence-corrected chi connectivity index (χ0v) is 11.8. The lowest BCUT2D eigenvalue weighted by atomic mass is 10.2. The Morgan fingerprint density at radius 2 is 2.27 bits per heavy atom. The van der Waals surface area contributed by atoms with Gasteiger partial charge in [-0.1, -0.05) is 6.92 Å². The molecule has 1 N–H and O–H groups in total. The van der Waals surface area contributed by atoms with Crippen LogP contribution in [0.5, 0.6) is 0 Å². The SMILES string of the molecule is COCC(C)CNC(C)c1sccc1Br. The van der Waals surface area contributed by atoms with Crippen LogP contribution in [0.2, 0.25) is 0 Å². The molecule has 0 radical (unpaired) electrons. The number of thiophene rings is 1. The molecule has 1 aromatic heterocycles. The van der Waals surface area contributed by atoms with Crippen LogP contribution in [0.1, 0.15) is 24.8 Å². The third kappa shape index (κ3) is 4.23. The number of hydrogen-bond donors (Lipinski definition) is 1. The summed E-state index contributed by atoms with van der Waals surface area (Å²) < 4.78 is 6.30. The molecule has 0 spiro atoms. The summed E-state index contributed by atoms with van der Waals surface area (Å²) in [5.74, 6) is 0.552. The molecular formula is C11H18BrNOS. The maximum atomic E-state index is 5.10. The van der Waals surface area contributed by atoms with Gasteiger partial charge in [0, 0.05) is 35.7 Å². The number of methoxy groups -OCH3 is 1. The highest BCUT2D eigenvalue weighted by molar-refractivity contribution is 9.10. The van der Waals surface area contributed by atoms with Gasteiger partial charge in [-0.05, 0) is 40.2 Å². The van der Waals surface area contributed by atoms with Gasteiger partial charge >= 0.3 is 0 Å². The van der Waals surface area contributed by atoms with Crippen molar-refractivity contribution < 1.29 is 4.74 Å². The molecule has 0 fully saturated rings. The van der Waals surface area contributed by atoms with Gasteiger partial charge in [0.05, 0.1) is 0 Å². The summed E-state index contributed by atoms with van der Waals surface area (Å²) in [6, 6.07) is 2.50. The second kappa shape index (κ2) is 6.63. The van der Waals surface area contributed by atoms with Crippen LogP contribution in [0, 0.1) is 5.92 Å². The third-order valence-electron chi connectivity index (χ3n) is 2.26. The Hall–Kier alpha value is 0.100. The summed E-state index contributed by atoms with van der Waals surface area (Å²) in [6.45, 7) is 6.17. The smallest absolute Gasteiger partial charge is 0.0499 e. The van der Waals surface area contributed by atoms with Gasteiger partial charge in [0.2, 0.25) is 0 Å². The van der Waals surface area contributed by atoms with E-state index in [9.17, 15) is 0 Å². The Bertz CT molecular complexity index is 290. The van der Waals surface area contributed by atoms with Crippen LogP contribution in [-0.2, 0) is 4.74 Å². The van der Waals surface area contributed by atoms with Gasteiger partial charge in [0.1, 0.15) is 0 Å². The van der Waals surface area contributed by atoms with Crippen LogP contribution in [-0.4, -0.2) is 20.3 Å². The second-order valence-corrected chi connectivity index (χ2v) is 5.63. The van der Waals surface area contributed by atoms with Crippen molar-refractivity contribution in [1.29, 1.82) is 0 Å². The summed E-state index contributed by atoms with van der Waals surface area (Å²) >= 11 is 5.33. The average Bonchev–Trinajstić information content (AvgIpc) is 2.61. The van der Waals surface area contributed by atoms with E-state index in [1.165, 1.54) is 9.35 Å². The van der Waals surface area contributed by atoms with Gasteiger partial charge in [-0.15, -0.1) is 11.3 Å². The van der Waals surface area contributed by atoms with Crippen molar-refractivity contribution in [2.75, 3.05) is 20.3 Å². The van der Waals surface area contributed by atoms with Crippen molar-refractivity contribution in [3.63, 3.8) is 0 Å². The molecule has 1 aromatic rings.